The van der Waals surface area contributed by atoms with Gasteiger partial charge in [-0.05, 0) is 18.6 Å². The van der Waals surface area contributed by atoms with E-state index in [2.05, 4.69) is 17.2 Å². The summed E-state index contributed by atoms with van der Waals surface area (Å²) in [4.78, 5) is 16.2. The van der Waals surface area contributed by atoms with Gasteiger partial charge in [0.05, 0.1) is 0 Å². The Kier molecular flexibility index (Phi) is 7.80. The van der Waals surface area contributed by atoms with Crippen molar-refractivity contribution in [3.63, 3.8) is 0 Å². The molecule has 0 aliphatic rings. The molecule has 0 saturated carbocycles. The number of carbonyl (C=O) groups is 1. The molecule has 1 aromatic heterocycles. The predicted molar refractivity (Wildman–Crippen MR) is 85.8 cm³/mol. The Morgan fingerprint density at radius 3 is 2.55 bits per heavy atom. The van der Waals surface area contributed by atoms with Crippen molar-refractivity contribution in [3.8, 4) is 0 Å². The number of nitrogens with two attached hydrogens (primary N) is 1. The molecule has 1 heterocycles. The quantitative estimate of drug-likeness (QED) is 0.542. The molecular weight excluding hydrogens is 270 g/mol. The van der Waals surface area contributed by atoms with Crippen LogP contribution in [0.3, 0.4) is 0 Å². The van der Waals surface area contributed by atoms with Crippen LogP contribution in [0.5, 0.6) is 0 Å². The standard InChI is InChI=1S/C15H23N3OS/c1-2-3-4-5-6-7-10-17-15(19)13-9-8-12(11-18-13)14(16)20/h8-9,11H,2-7,10H2,1H3,(H2,16,20)(H,17,19). The second-order valence-corrected chi connectivity index (χ2v) is 5.26. The average molecular weight is 293 g/mol. The first-order valence-corrected chi connectivity index (χ1v) is 7.60. The molecule has 0 atom stereocenters. The molecule has 0 spiro atoms. The van der Waals surface area contributed by atoms with Crippen LogP contribution in [-0.2, 0) is 0 Å². The van der Waals surface area contributed by atoms with Crippen molar-refractivity contribution < 1.29 is 4.79 Å². The summed E-state index contributed by atoms with van der Waals surface area (Å²) in [5.41, 5.74) is 6.55. The molecule has 0 saturated heterocycles. The molecule has 5 heteroatoms. The summed E-state index contributed by atoms with van der Waals surface area (Å²) < 4.78 is 0. The number of nitrogens with zero attached hydrogens (tertiary/aromatic N) is 1. The van der Waals surface area contributed by atoms with Crippen LogP contribution in [0.2, 0.25) is 0 Å². The summed E-state index contributed by atoms with van der Waals surface area (Å²) in [6.07, 6.45) is 8.78. The number of pyridine rings is 1. The van der Waals surface area contributed by atoms with E-state index < -0.39 is 0 Å². The van der Waals surface area contributed by atoms with Crippen molar-refractivity contribution in [1.29, 1.82) is 0 Å². The fourth-order valence-corrected chi connectivity index (χ4v) is 1.99. The maximum absolute atomic E-state index is 11.8. The highest BCUT2D eigenvalue weighted by atomic mass is 32.1. The van der Waals surface area contributed by atoms with Crippen LogP contribution < -0.4 is 11.1 Å². The molecule has 20 heavy (non-hydrogen) atoms. The number of hydrogen-bond donors (Lipinski definition) is 2. The van der Waals surface area contributed by atoms with Crippen molar-refractivity contribution >= 4 is 23.1 Å². The Balaban J connectivity index is 2.24. The summed E-state index contributed by atoms with van der Waals surface area (Å²) in [5.74, 6) is -0.145. The number of hydrogen-bond acceptors (Lipinski definition) is 3. The van der Waals surface area contributed by atoms with Gasteiger partial charge >= 0.3 is 0 Å². The third-order valence-corrected chi connectivity index (χ3v) is 3.33. The Morgan fingerprint density at radius 1 is 1.25 bits per heavy atom. The maximum Gasteiger partial charge on any atom is 0.269 e. The van der Waals surface area contributed by atoms with Crippen molar-refractivity contribution in [2.24, 2.45) is 5.73 Å². The van der Waals surface area contributed by atoms with Gasteiger partial charge in [0.15, 0.2) is 0 Å². The van der Waals surface area contributed by atoms with E-state index in [0.29, 0.717) is 17.8 Å². The summed E-state index contributed by atoms with van der Waals surface area (Å²) in [7, 11) is 0. The highest BCUT2D eigenvalue weighted by molar-refractivity contribution is 7.80. The zero-order chi connectivity index (χ0) is 14.8. The molecule has 110 valence electrons. The molecule has 1 amide bonds. The number of amides is 1. The Morgan fingerprint density at radius 2 is 1.95 bits per heavy atom. The normalized spacial score (nSPS) is 10.2. The topological polar surface area (TPSA) is 68.0 Å². The lowest BCUT2D eigenvalue weighted by atomic mass is 10.1. The first-order valence-electron chi connectivity index (χ1n) is 7.19. The second kappa shape index (κ2) is 9.42. The highest BCUT2D eigenvalue weighted by Crippen LogP contribution is 2.04. The van der Waals surface area contributed by atoms with Gasteiger partial charge in [-0.3, -0.25) is 9.78 Å². The van der Waals surface area contributed by atoms with E-state index >= 15 is 0 Å². The van der Waals surface area contributed by atoms with E-state index in [1.807, 2.05) is 0 Å². The molecule has 4 nitrogen and oxygen atoms in total. The molecule has 0 aliphatic heterocycles. The molecule has 0 unspecified atom stereocenters. The smallest absolute Gasteiger partial charge is 0.269 e. The SMILES string of the molecule is CCCCCCCCNC(=O)c1ccc(C(N)=S)cn1. The summed E-state index contributed by atoms with van der Waals surface area (Å²) in [5, 5.41) is 2.87. The van der Waals surface area contributed by atoms with Gasteiger partial charge in [-0.25, -0.2) is 0 Å². The molecule has 1 rings (SSSR count). The first kappa shape index (κ1) is 16.6. The average Bonchev–Trinajstić information content (AvgIpc) is 2.46. The van der Waals surface area contributed by atoms with Crippen LogP contribution in [0, 0.1) is 0 Å². The number of nitrogens with one attached hydrogen (secondary N) is 1. The lowest BCUT2D eigenvalue weighted by Gasteiger charge is -2.05. The number of thiocarbonyl (C=S) groups is 1. The van der Waals surface area contributed by atoms with E-state index in [0.717, 1.165) is 12.8 Å². The third kappa shape index (κ3) is 6.10. The van der Waals surface area contributed by atoms with Crippen LogP contribution in [-0.4, -0.2) is 22.4 Å². The Bertz CT molecular complexity index is 431. The largest absolute Gasteiger partial charge is 0.389 e. The predicted octanol–water partition coefficient (Wildman–Crippen LogP) is 2.81. The van der Waals surface area contributed by atoms with Gasteiger partial charge < -0.3 is 11.1 Å². The van der Waals surface area contributed by atoms with E-state index in [-0.39, 0.29) is 10.9 Å². The molecule has 0 fully saturated rings. The molecule has 0 bridgehead atoms. The Hall–Kier alpha value is -1.49. The van der Waals surface area contributed by atoms with Crippen LogP contribution >= 0.6 is 12.2 Å². The first-order chi connectivity index (χ1) is 9.65. The van der Waals surface area contributed by atoms with Crippen LogP contribution in [0.1, 0.15) is 61.5 Å². The van der Waals surface area contributed by atoms with E-state index in [1.165, 1.54) is 31.9 Å². The van der Waals surface area contributed by atoms with Crippen molar-refractivity contribution in [3.05, 3.63) is 29.6 Å². The summed E-state index contributed by atoms with van der Waals surface area (Å²) >= 11 is 4.84. The van der Waals surface area contributed by atoms with E-state index in [9.17, 15) is 4.79 Å². The zero-order valence-electron chi connectivity index (χ0n) is 12.0. The monoisotopic (exact) mass is 293 g/mol. The van der Waals surface area contributed by atoms with Gasteiger partial charge in [-0.2, -0.15) is 0 Å². The maximum atomic E-state index is 11.8. The lowest BCUT2D eigenvalue weighted by Crippen LogP contribution is -2.25. The fraction of sp³-hybridized carbons (Fsp3) is 0.533. The van der Waals surface area contributed by atoms with Crippen molar-refractivity contribution in [2.75, 3.05) is 6.54 Å². The molecule has 3 N–H and O–H groups in total. The fourth-order valence-electron chi connectivity index (χ4n) is 1.87. The number of unbranched alkanes of at least 4 members (excludes halogenated alkanes) is 5. The third-order valence-electron chi connectivity index (χ3n) is 3.10. The molecule has 1 aromatic rings. The van der Waals surface area contributed by atoms with Gasteiger partial charge in [0.25, 0.3) is 5.91 Å². The minimum Gasteiger partial charge on any atom is -0.389 e. The lowest BCUT2D eigenvalue weighted by molar-refractivity contribution is 0.0948. The van der Waals surface area contributed by atoms with Gasteiger partial charge in [-0.1, -0.05) is 51.2 Å². The summed E-state index contributed by atoms with van der Waals surface area (Å²) in [6, 6.07) is 3.36. The van der Waals surface area contributed by atoms with Crippen LogP contribution in [0.25, 0.3) is 0 Å². The van der Waals surface area contributed by atoms with Crippen LogP contribution in [0.15, 0.2) is 18.3 Å². The van der Waals surface area contributed by atoms with Crippen molar-refractivity contribution in [2.45, 2.75) is 45.4 Å². The van der Waals surface area contributed by atoms with E-state index in [4.69, 9.17) is 18.0 Å². The number of rotatable bonds is 9. The number of carbonyl (C=O) groups excluding carboxylic acids is 1. The molecule has 0 aromatic carbocycles. The summed E-state index contributed by atoms with van der Waals surface area (Å²) in [6.45, 7) is 2.90. The van der Waals surface area contributed by atoms with Crippen molar-refractivity contribution in [1.82, 2.24) is 10.3 Å². The minimum absolute atomic E-state index is 0.145. The van der Waals surface area contributed by atoms with E-state index in [1.54, 1.807) is 12.1 Å². The Labute approximate surface area is 126 Å². The van der Waals surface area contributed by atoms with Gasteiger partial charge in [0.1, 0.15) is 10.7 Å². The van der Waals surface area contributed by atoms with Gasteiger partial charge in [0, 0.05) is 18.3 Å². The molecule has 0 aliphatic carbocycles. The molecule has 0 radical (unpaired) electrons. The van der Waals surface area contributed by atoms with Crippen LogP contribution in [0.4, 0.5) is 0 Å². The number of aromatic nitrogens is 1. The highest BCUT2D eigenvalue weighted by Gasteiger charge is 2.06. The van der Waals surface area contributed by atoms with Gasteiger partial charge in [-0.15, -0.1) is 0 Å². The minimum atomic E-state index is -0.145. The second-order valence-electron chi connectivity index (χ2n) is 4.82. The molecular formula is C15H23N3OS. The zero-order valence-corrected chi connectivity index (χ0v) is 12.8. The van der Waals surface area contributed by atoms with Gasteiger partial charge in [0.2, 0.25) is 0 Å².